The summed E-state index contributed by atoms with van der Waals surface area (Å²) in [7, 11) is -3.99. The molecule has 2 heterocycles. The fourth-order valence-corrected chi connectivity index (χ4v) is 6.61. The van der Waals surface area contributed by atoms with E-state index in [-0.39, 0.29) is 23.5 Å². The quantitative estimate of drug-likeness (QED) is 0.350. The topological polar surface area (TPSA) is 96.0 Å². The summed E-state index contributed by atoms with van der Waals surface area (Å²) in [6, 6.07) is 20.8. The van der Waals surface area contributed by atoms with E-state index < -0.39 is 10.0 Å². The Kier molecular flexibility index (Phi) is 6.22. The smallest absolute Gasteiger partial charge is 0.252 e. The van der Waals surface area contributed by atoms with Crippen molar-refractivity contribution in [3.63, 3.8) is 0 Å². The van der Waals surface area contributed by atoms with Gasteiger partial charge in [0, 0.05) is 24.2 Å². The van der Waals surface area contributed by atoms with E-state index >= 15 is 0 Å². The standard InChI is InChI=1S/C26H24N4O3S2/c1-17-8-10-22-20(14-17)15-21(26(31)27-22)16-30(13-12-19-6-4-3-5-7-19)35(32,33)25-18(2)9-11-23-24(25)29-34-28-23/h3-11,14-15H,12-13,16H2,1-2H3,(H,27,31). The largest absolute Gasteiger partial charge is 0.322 e. The van der Waals surface area contributed by atoms with Gasteiger partial charge in [-0.25, -0.2) is 8.42 Å². The fraction of sp³-hybridized carbons (Fsp3) is 0.192. The molecule has 2 aromatic heterocycles. The van der Waals surface area contributed by atoms with Crippen LogP contribution in [0.5, 0.6) is 0 Å². The molecule has 3 aromatic carbocycles. The molecule has 0 radical (unpaired) electrons. The van der Waals surface area contributed by atoms with Crippen molar-refractivity contribution in [2.24, 2.45) is 0 Å². The predicted octanol–water partition coefficient (Wildman–Crippen LogP) is 4.58. The number of aryl methyl sites for hydroxylation is 2. The lowest BCUT2D eigenvalue weighted by Gasteiger charge is -2.23. The molecule has 35 heavy (non-hydrogen) atoms. The fourth-order valence-electron chi connectivity index (χ4n) is 4.24. The molecule has 0 amide bonds. The minimum atomic E-state index is -3.99. The lowest BCUT2D eigenvalue weighted by Crippen LogP contribution is -2.35. The highest BCUT2D eigenvalue weighted by molar-refractivity contribution is 7.89. The van der Waals surface area contributed by atoms with Crippen molar-refractivity contribution in [2.75, 3.05) is 6.54 Å². The van der Waals surface area contributed by atoms with Gasteiger partial charge in [-0.2, -0.15) is 13.1 Å². The minimum absolute atomic E-state index is 0.0538. The van der Waals surface area contributed by atoms with Crippen LogP contribution in [0.3, 0.4) is 0 Å². The van der Waals surface area contributed by atoms with E-state index in [4.69, 9.17) is 0 Å². The van der Waals surface area contributed by atoms with E-state index in [9.17, 15) is 13.2 Å². The molecule has 9 heteroatoms. The van der Waals surface area contributed by atoms with E-state index in [1.54, 1.807) is 25.1 Å². The third kappa shape index (κ3) is 4.62. The molecular weight excluding hydrogens is 480 g/mol. The van der Waals surface area contributed by atoms with Gasteiger partial charge in [0.15, 0.2) is 0 Å². The number of aromatic nitrogens is 3. The van der Waals surface area contributed by atoms with Crippen molar-refractivity contribution >= 4 is 43.7 Å². The highest BCUT2D eigenvalue weighted by Crippen LogP contribution is 2.29. The number of rotatable bonds is 7. The van der Waals surface area contributed by atoms with Gasteiger partial charge in [0.2, 0.25) is 10.0 Å². The summed E-state index contributed by atoms with van der Waals surface area (Å²) in [6.45, 7) is 3.89. The predicted molar refractivity (Wildman–Crippen MR) is 139 cm³/mol. The van der Waals surface area contributed by atoms with E-state index in [0.29, 0.717) is 28.6 Å². The number of aromatic amines is 1. The van der Waals surface area contributed by atoms with Crippen molar-refractivity contribution in [3.05, 3.63) is 99.3 Å². The third-order valence-corrected chi connectivity index (χ3v) is 8.66. The van der Waals surface area contributed by atoms with Crippen molar-refractivity contribution in [1.82, 2.24) is 18.0 Å². The molecule has 0 unspecified atom stereocenters. The van der Waals surface area contributed by atoms with Crippen LogP contribution in [-0.4, -0.2) is 33.0 Å². The van der Waals surface area contributed by atoms with Gasteiger partial charge in [-0.15, -0.1) is 0 Å². The molecule has 0 atom stereocenters. The number of benzene rings is 3. The summed E-state index contributed by atoms with van der Waals surface area (Å²) >= 11 is 0.985. The van der Waals surface area contributed by atoms with E-state index in [1.165, 1.54) is 4.31 Å². The zero-order chi connectivity index (χ0) is 24.6. The molecule has 0 spiro atoms. The Morgan fingerprint density at radius 1 is 0.971 bits per heavy atom. The van der Waals surface area contributed by atoms with Crippen LogP contribution in [0.4, 0.5) is 0 Å². The zero-order valence-corrected chi connectivity index (χ0v) is 21.0. The van der Waals surface area contributed by atoms with Gasteiger partial charge < -0.3 is 4.98 Å². The molecule has 5 rings (SSSR count). The molecule has 0 bridgehead atoms. The molecule has 1 N–H and O–H groups in total. The molecule has 0 saturated carbocycles. The molecule has 5 aromatic rings. The highest BCUT2D eigenvalue weighted by atomic mass is 32.2. The van der Waals surface area contributed by atoms with Crippen LogP contribution in [0.2, 0.25) is 0 Å². The average molecular weight is 505 g/mol. The van der Waals surface area contributed by atoms with Crippen molar-refractivity contribution in [1.29, 1.82) is 0 Å². The maximum absolute atomic E-state index is 14.1. The van der Waals surface area contributed by atoms with Gasteiger partial charge >= 0.3 is 0 Å². The minimum Gasteiger partial charge on any atom is -0.322 e. The van der Waals surface area contributed by atoms with Crippen molar-refractivity contribution in [3.8, 4) is 0 Å². The molecule has 0 aliphatic heterocycles. The molecule has 178 valence electrons. The van der Waals surface area contributed by atoms with Gasteiger partial charge in [-0.3, -0.25) is 4.79 Å². The summed E-state index contributed by atoms with van der Waals surface area (Å²) in [5.74, 6) is 0. The molecule has 0 aliphatic carbocycles. The molecule has 0 fully saturated rings. The Labute approximate surface area is 207 Å². The second-order valence-corrected chi connectivity index (χ2v) is 11.0. The van der Waals surface area contributed by atoms with E-state index in [0.717, 1.165) is 33.8 Å². The van der Waals surface area contributed by atoms with Crippen molar-refractivity contribution < 1.29 is 8.42 Å². The third-order valence-electron chi connectivity index (χ3n) is 6.09. The maximum atomic E-state index is 14.1. The lowest BCUT2D eigenvalue weighted by atomic mass is 10.1. The highest BCUT2D eigenvalue weighted by Gasteiger charge is 2.30. The van der Waals surface area contributed by atoms with Gasteiger partial charge in [-0.05, 0) is 61.0 Å². The van der Waals surface area contributed by atoms with Crippen LogP contribution in [0.15, 0.2) is 76.4 Å². The SMILES string of the molecule is Cc1ccc2[nH]c(=O)c(CN(CCc3ccccc3)S(=O)(=O)c3c(C)ccc4nsnc34)cc2c1. The Morgan fingerprint density at radius 2 is 1.77 bits per heavy atom. The average Bonchev–Trinajstić information content (AvgIpc) is 3.31. The summed E-state index contributed by atoms with van der Waals surface area (Å²) in [6.07, 6.45) is 0.509. The Bertz CT molecular complexity index is 1690. The first kappa shape index (κ1) is 23.3. The van der Waals surface area contributed by atoms with E-state index in [2.05, 4.69) is 13.7 Å². The number of nitrogens with one attached hydrogen (secondary N) is 1. The number of H-pyrrole nitrogens is 1. The van der Waals surface area contributed by atoms with Crippen LogP contribution in [0, 0.1) is 13.8 Å². The molecule has 7 nitrogen and oxygen atoms in total. The van der Waals surface area contributed by atoms with Crippen LogP contribution >= 0.6 is 11.7 Å². The Balaban J connectivity index is 1.60. The molecular formula is C26H24N4O3S2. The molecule has 0 aliphatic rings. The van der Waals surface area contributed by atoms with Gasteiger partial charge in [-0.1, -0.05) is 48.0 Å². The van der Waals surface area contributed by atoms with Gasteiger partial charge in [0.05, 0.1) is 11.7 Å². The zero-order valence-electron chi connectivity index (χ0n) is 19.4. The summed E-state index contributed by atoms with van der Waals surface area (Å²) in [5.41, 5.74) is 4.38. The second kappa shape index (κ2) is 9.33. The number of hydrogen-bond acceptors (Lipinski definition) is 6. The van der Waals surface area contributed by atoms with Crippen molar-refractivity contribution in [2.45, 2.75) is 31.7 Å². The first-order valence-electron chi connectivity index (χ1n) is 11.2. The van der Waals surface area contributed by atoms with Crippen LogP contribution in [0.25, 0.3) is 21.9 Å². The number of nitrogens with zero attached hydrogens (tertiary/aromatic N) is 3. The van der Waals surface area contributed by atoms with Gasteiger partial charge in [0.1, 0.15) is 15.9 Å². The lowest BCUT2D eigenvalue weighted by molar-refractivity contribution is 0.408. The van der Waals surface area contributed by atoms with Crippen LogP contribution in [0.1, 0.15) is 22.3 Å². The Morgan fingerprint density at radius 3 is 2.57 bits per heavy atom. The number of pyridine rings is 1. The summed E-state index contributed by atoms with van der Waals surface area (Å²) in [5, 5.41) is 0.863. The number of sulfonamides is 1. The molecule has 0 saturated heterocycles. The second-order valence-electron chi connectivity index (χ2n) is 8.63. The Hall–Kier alpha value is -3.40. The first-order chi connectivity index (χ1) is 16.8. The summed E-state index contributed by atoms with van der Waals surface area (Å²) in [4.78, 5) is 16.0. The summed E-state index contributed by atoms with van der Waals surface area (Å²) < 4.78 is 38.0. The monoisotopic (exact) mass is 504 g/mol. The number of fused-ring (bicyclic) bond motifs is 2. The van der Waals surface area contributed by atoms with Gasteiger partial charge in [0.25, 0.3) is 5.56 Å². The van der Waals surface area contributed by atoms with Crippen LogP contribution < -0.4 is 5.56 Å². The number of hydrogen-bond donors (Lipinski definition) is 1. The normalized spacial score (nSPS) is 12.1. The maximum Gasteiger partial charge on any atom is 0.252 e. The van der Waals surface area contributed by atoms with E-state index in [1.807, 2.05) is 55.5 Å². The van der Waals surface area contributed by atoms with Crippen LogP contribution in [-0.2, 0) is 23.0 Å². The first-order valence-corrected chi connectivity index (χ1v) is 13.4.